The maximum atomic E-state index is 12.0. The Kier molecular flexibility index (Phi) is 6.08. The first-order valence-electron chi connectivity index (χ1n) is 10.7. The van der Waals surface area contributed by atoms with Crippen molar-refractivity contribution in [1.29, 1.82) is 0 Å². The molecule has 1 unspecified atom stereocenters. The predicted octanol–water partition coefficient (Wildman–Crippen LogP) is 3.26. The molecule has 1 fully saturated rings. The summed E-state index contributed by atoms with van der Waals surface area (Å²) in [4.78, 5) is 40.0. The SMILES string of the molecule is Cl.Cn1ccc(-c2ccc3c(Oc4ccc(C5CC5(C(N)=O)C(N)=O)cc4)ccnc3c2)cc1=O. The molecule has 4 aromatic rings. The van der Waals surface area contributed by atoms with Crippen LogP contribution in [0.2, 0.25) is 0 Å². The molecule has 2 heterocycles. The number of amides is 2. The minimum atomic E-state index is -1.30. The monoisotopic (exact) mass is 490 g/mol. The van der Waals surface area contributed by atoms with E-state index in [9.17, 15) is 14.4 Å². The fourth-order valence-electron chi connectivity index (χ4n) is 4.35. The van der Waals surface area contributed by atoms with Crippen LogP contribution < -0.4 is 21.8 Å². The second kappa shape index (κ2) is 8.88. The van der Waals surface area contributed by atoms with Crippen molar-refractivity contribution in [3.63, 3.8) is 0 Å². The van der Waals surface area contributed by atoms with E-state index in [2.05, 4.69) is 4.98 Å². The summed E-state index contributed by atoms with van der Waals surface area (Å²) >= 11 is 0. The first-order chi connectivity index (χ1) is 16.3. The topological polar surface area (TPSA) is 130 Å². The van der Waals surface area contributed by atoms with E-state index in [1.807, 2.05) is 36.4 Å². The Labute approximate surface area is 206 Å². The van der Waals surface area contributed by atoms with Crippen LogP contribution >= 0.6 is 12.4 Å². The molecule has 1 aliphatic carbocycles. The van der Waals surface area contributed by atoms with Gasteiger partial charge in [0.1, 0.15) is 16.9 Å². The Morgan fingerprint density at radius 3 is 2.31 bits per heavy atom. The van der Waals surface area contributed by atoms with E-state index >= 15 is 0 Å². The summed E-state index contributed by atoms with van der Waals surface area (Å²) in [5.74, 6) is -0.473. The lowest BCUT2D eigenvalue weighted by atomic mass is 9.97. The van der Waals surface area contributed by atoms with Crippen LogP contribution in [0, 0.1) is 5.41 Å². The van der Waals surface area contributed by atoms with E-state index in [0.717, 1.165) is 27.6 Å². The zero-order chi connectivity index (χ0) is 24.0. The molecule has 5 rings (SSSR count). The fraction of sp³-hybridized carbons (Fsp3) is 0.154. The molecule has 4 N–H and O–H groups in total. The number of primary amides is 2. The average Bonchev–Trinajstić information content (AvgIpc) is 3.59. The molecule has 2 amide bonds. The third-order valence-electron chi connectivity index (χ3n) is 6.49. The van der Waals surface area contributed by atoms with E-state index in [0.29, 0.717) is 17.9 Å². The molecule has 2 aromatic carbocycles. The Morgan fingerprint density at radius 1 is 1.00 bits per heavy atom. The molecule has 0 spiro atoms. The molecule has 1 saturated carbocycles. The van der Waals surface area contributed by atoms with Crippen molar-refractivity contribution < 1.29 is 14.3 Å². The highest BCUT2D eigenvalue weighted by molar-refractivity contribution is 6.08. The molecule has 178 valence electrons. The number of nitrogens with two attached hydrogens (primary N) is 2. The molecule has 8 nitrogen and oxygen atoms in total. The Hall–Kier alpha value is -4.17. The Morgan fingerprint density at radius 2 is 1.69 bits per heavy atom. The van der Waals surface area contributed by atoms with Crippen molar-refractivity contribution in [2.75, 3.05) is 0 Å². The average molecular weight is 491 g/mol. The lowest BCUT2D eigenvalue weighted by Crippen LogP contribution is -2.38. The maximum Gasteiger partial charge on any atom is 0.250 e. The van der Waals surface area contributed by atoms with E-state index in [-0.39, 0.29) is 23.9 Å². The normalized spacial score (nSPS) is 15.7. The standard InChI is InChI=1S/C26H22N4O4.ClH/c1-30-11-9-17(13-23(30)31)16-4-7-19-21(12-16)29-10-8-22(19)34-18-5-2-15(3-6-18)20-14-26(20,24(27)32)25(28)33;/h2-13,20H,14H2,1H3,(H2,27,32)(H2,28,33);1H. The highest BCUT2D eigenvalue weighted by atomic mass is 35.5. The van der Waals surface area contributed by atoms with Crippen LogP contribution in [0.4, 0.5) is 0 Å². The lowest BCUT2D eigenvalue weighted by molar-refractivity contribution is -0.133. The third kappa shape index (κ3) is 4.13. The zero-order valence-corrected chi connectivity index (χ0v) is 19.6. The summed E-state index contributed by atoms with van der Waals surface area (Å²) in [6, 6.07) is 18.2. The molecular formula is C26H23ClN4O4. The molecule has 0 saturated heterocycles. The van der Waals surface area contributed by atoms with Gasteiger partial charge in [-0.05, 0) is 59.5 Å². The van der Waals surface area contributed by atoms with Gasteiger partial charge in [0.2, 0.25) is 11.8 Å². The molecule has 9 heteroatoms. The van der Waals surface area contributed by atoms with Crippen LogP contribution in [0.25, 0.3) is 22.0 Å². The summed E-state index contributed by atoms with van der Waals surface area (Å²) in [5.41, 5.74) is 12.7. The number of pyridine rings is 2. The van der Waals surface area contributed by atoms with Crippen molar-refractivity contribution >= 4 is 35.1 Å². The van der Waals surface area contributed by atoms with Gasteiger partial charge in [-0.25, -0.2) is 0 Å². The molecule has 1 aliphatic rings. The third-order valence-corrected chi connectivity index (χ3v) is 6.49. The van der Waals surface area contributed by atoms with E-state index < -0.39 is 17.2 Å². The van der Waals surface area contributed by atoms with Gasteiger partial charge in [-0.3, -0.25) is 19.4 Å². The smallest absolute Gasteiger partial charge is 0.250 e. The number of aromatic nitrogens is 2. The molecule has 2 aromatic heterocycles. The largest absolute Gasteiger partial charge is 0.457 e. The number of hydrogen-bond acceptors (Lipinski definition) is 5. The van der Waals surface area contributed by atoms with Crippen molar-refractivity contribution in [3.05, 3.63) is 89.0 Å². The van der Waals surface area contributed by atoms with E-state index in [1.54, 1.807) is 43.7 Å². The Bertz CT molecular complexity index is 1500. The van der Waals surface area contributed by atoms with Crippen LogP contribution in [0.5, 0.6) is 11.5 Å². The highest BCUT2D eigenvalue weighted by Gasteiger charge is 2.64. The number of rotatable bonds is 6. The minimum Gasteiger partial charge on any atom is -0.457 e. The first-order valence-corrected chi connectivity index (χ1v) is 10.7. The van der Waals surface area contributed by atoms with Gasteiger partial charge in [-0.2, -0.15) is 0 Å². The van der Waals surface area contributed by atoms with Crippen LogP contribution in [-0.4, -0.2) is 21.4 Å². The molecule has 0 bridgehead atoms. The van der Waals surface area contributed by atoms with Crippen molar-refractivity contribution in [1.82, 2.24) is 9.55 Å². The summed E-state index contributed by atoms with van der Waals surface area (Å²) < 4.78 is 7.62. The molecule has 0 radical (unpaired) electrons. The van der Waals surface area contributed by atoms with Crippen molar-refractivity contribution in [3.8, 4) is 22.6 Å². The summed E-state index contributed by atoms with van der Waals surface area (Å²) in [5, 5.41) is 0.822. The molecular weight excluding hydrogens is 468 g/mol. The number of ether oxygens (including phenoxy) is 1. The van der Waals surface area contributed by atoms with Gasteiger partial charge in [0, 0.05) is 36.8 Å². The molecule has 0 aliphatic heterocycles. The first kappa shape index (κ1) is 24.0. The maximum absolute atomic E-state index is 12.0. The number of fused-ring (bicyclic) bond motifs is 1. The highest BCUT2D eigenvalue weighted by Crippen LogP contribution is 2.59. The van der Waals surface area contributed by atoms with Crippen LogP contribution in [0.3, 0.4) is 0 Å². The number of benzene rings is 2. The van der Waals surface area contributed by atoms with Crippen molar-refractivity contribution in [2.24, 2.45) is 23.9 Å². The Balaban J connectivity index is 0.00000289. The van der Waals surface area contributed by atoms with Gasteiger partial charge >= 0.3 is 0 Å². The van der Waals surface area contributed by atoms with Crippen LogP contribution in [-0.2, 0) is 16.6 Å². The molecule has 35 heavy (non-hydrogen) atoms. The van der Waals surface area contributed by atoms with Crippen molar-refractivity contribution in [2.45, 2.75) is 12.3 Å². The second-order valence-electron chi connectivity index (χ2n) is 8.53. The fourth-order valence-corrected chi connectivity index (χ4v) is 4.35. The summed E-state index contributed by atoms with van der Waals surface area (Å²) in [6.07, 6.45) is 3.72. The van der Waals surface area contributed by atoms with Crippen LogP contribution in [0.1, 0.15) is 17.9 Å². The number of halogens is 1. The van der Waals surface area contributed by atoms with Gasteiger partial charge in [0.15, 0.2) is 0 Å². The summed E-state index contributed by atoms with van der Waals surface area (Å²) in [6.45, 7) is 0. The predicted molar refractivity (Wildman–Crippen MR) is 134 cm³/mol. The van der Waals surface area contributed by atoms with Gasteiger partial charge in [-0.15, -0.1) is 12.4 Å². The van der Waals surface area contributed by atoms with Gasteiger partial charge in [-0.1, -0.05) is 18.2 Å². The minimum absolute atomic E-state index is 0. The molecule has 1 atom stereocenters. The van der Waals surface area contributed by atoms with Gasteiger partial charge in [0.05, 0.1) is 5.52 Å². The number of aryl methyl sites for hydroxylation is 1. The zero-order valence-electron chi connectivity index (χ0n) is 18.8. The lowest BCUT2D eigenvalue weighted by Gasteiger charge is -2.12. The van der Waals surface area contributed by atoms with Gasteiger partial charge in [0.25, 0.3) is 5.56 Å². The number of carbonyl (C=O) groups excluding carboxylic acids is 2. The van der Waals surface area contributed by atoms with Gasteiger partial charge < -0.3 is 20.8 Å². The quantitative estimate of drug-likeness (QED) is 0.400. The van der Waals surface area contributed by atoms with E-state index in [1.165, 1.54) is 4.57 Å². The number of hydrogen-bond donors (Lipinski definition) is 2. The second-order valence-corrected chi connectivity index (χ2v) is 8.53. The number of nitrogens with zero attached hydrogens (tertiary/aromatic N) is 2. The summed E-state index contributed by atoms with van der Waals surface area (Å²) in [7, 11) is 1.71. The van der Waals surface area contributed by atoms with Crippen LogP contribution in [0.15, 0.2) is 77.9 Å². The van der Waals surface area contributed by atoms with E-state index in [4.69, 9.17) is 16.2 Å². The number of carbonyl (C=O) groups is 2.